The summed E-state index contributed by atoms with van der Waals surface area (Å²) in [4.78, 5) is 12.4. The minimum atomic E-state index is -0.206. The molecule has 2 heterocycles. The summed E-state index contributed by atoms with van der Waals surface area (Å²) < 4.78 is 2.85. The summed E-state index contributed by atoms with van der Waals surface area (Å²) in [7, 11) is 0. The molecule has 0 amide bonds. The summed E-state index contributed by atoms with van der Waals surface area (Å²) in [5, 5.41) is 8.47. The maximum absolute atomic E-state index is 12.4. The molecule has 0 bridgehead atoms. The lowest BCUT2D eigenvalue weighted by Gasteiger charge is -2.06. The van der Waals surface area contributed by atoms with E-state index in [1.807, 2.05) is 0 Å². The Morgan fingerprint density at radius 3 is 2.58 bits per heavy atom. The molecule has 0 aliphatic rings. The van der Waals surface area contributed by atoms with E-state index < -0.39 is 0 Å². The van der Waals surface area contributed by atoms with Crippen molar-refractivity contribution >= 4 is 6.03 Å². The fraction of sp³-hybridized carbons (Fsp3) is 0.500. The molecule has 0 saturated carbocycles. The number of aromatic nitrogens is 4. The van der Waals surface area contributed by atoms with E-state index in [0.717, 1.165) is 37.1 Å². The molecule has 2 aromatic heterocycles. The summed E-state index contributed by atoms with van der Waals surface area (Å²) in [5.41, 5.74) is 3.26. The van der Waals surface area contributed by atoms with E-state index >= 15 is 0 Å². The molecule has 0 radical (unpaired) electrons. The summed E-state index contributed by atoms with van der Waals surface area (Å²) in [6.45, 7) is 6.29. The van der Waals surface area contributed by atoms with Gasteiger partial charge in [-0.05, 0) is 30.9 Å². The van der Waals surface area contributed by atoms with Crippen LogP contribution in [0.3, 0.4) is 0 Å². The van der Waals surface area contributed by atoms with Gasteiger partial charge in [-0.3, -0.25) is 0 Å². The molecule has 0 spiro atoms. The van der Waals surface area contributed by atoms with Gasteiger partial charge in [0.1, 0.15) is 0 Å². The monoisotopic (exact) mass is 260 g/mol. The molecule has 0 aromatic carbocycles. The van der Waals surface area contributed by atoms with Crippen LogP contribution in [-0.2, 0) is 19.3 Å². The van der Waals surface area contributed by atoms with Crippen molar-refractivity contribution < 1.29 is 4.79 Å². The third kappa shape index (κ3) is 2.45. The van der Waals surface area contributed by atoms with Crippen LogP contribution in [0.1, 0.15) is 44.1 Å². The van der Waals surface area contributed by atoms with Crippen LogP contribution in [0.5, 0.6) is 0 Å². The number of nitrogens with zero attached hydrogens (tertiary/aromatic N) is 4. The minimum absolute atomic E-state index is 0.206. The SMILES string of the molecule is CCCc1c(CC)c(CC)nn1C(=O)n1cccn1. The van der Waals surface area contributed by atoms with Gasteiger partial charge in [0.2, 0.25) is 0 Å². The molecule has 19 heavy (non-hydrogen) atoms. The molecule has 5 nitrogen and oxygen atoms in total. The van der Waals surface area contributed by atoms with E-state index in [9.17, 15) is 4.79 Å². The van der Waals surface area contributed by atoms with E-state index in [-0.39, 0.29) is 6.03 Å². The maximum atomic E-state index is 12.4. The van der Waals surface area contributed by atoms with Gasteiger partial charge < -0.3 is 0 Å². The fourth-order valence-corrected chi connectivity index (χ4v) is 2.36. The molecule has 2 rings (SSSR count). The van der Waals surface area contributed by atoms with E-state index in [4.69, 9.17) is 0 Å². The molecule has 102 valence electrons. The highest BCUT2D eigenvalue weighted by molar-refractivity contribution is 5.78. The standard InChI is InChI=1S/C14H20N4O/c1-4-8-13-11(5-2)12(6-3)16-18(13)14(19)17-10-7-9-15-17/h7,9-10H,4-6,8H2,1-3H3. The van der Waals surface area contributed by atoms with Gasteiger partial charge in [-0.1, -0.05) is 27.2 Å². The Hall–Kier alpha value is -1.91. The number of rotatable bonds is 4. The zero-order valence-electron chi connectivity index (χ0n) is 11.8. The Kier molecular flexibility index (Phi) is 4.14. The second kappa shape index (κ2) is 5.82. The van der Waals surface area contributed by atoms with Gasteiger partial charge in [0.15, 0.2) is 0 Å². The van der Waals surface area contributed by atoms with Gasteiger partial charge in [0, 0.05) is 12.4 Å². The fourth-order valence-electron chi connectivity index (χ4n) is 2.36. The zero-order chi connectivity index (χ0) is 13.8. The van der Waals surface area contributed by atoms with Crippen molar-refractivity contribution in [1.29, 1.82) is 0 Å². The molecule has 0 saturated heterocycles. The average molecular weight is 260 g/mol. The van der Waals surface area contributed by atoms with Crippen molar-refractivity contribution in [3.05, 3.63) is 35.4 Å². The van der Waals surface area contributed by atoms with Crippen molar-refractivity contribution in [2.24, 2.45) is 0 Å². The molecule has 0 unspecified atom stereocenters. The normalized spacial score (nSPS) is 10.9. The van der Waals surface area contributed by atoms with Crippen LogP contribution in [0.15, 0.2) is 18.5 Å². The Bertz CT molecular complexity index is 554. The second-order valence-corrected chi connectivity index (χ2v) is 4.47. The Morgan fingerprint density at radius 1 is 1.26 bits per heavy atom. The first-order valence-electron chi connectivity index (χ1n) is 6.86. The average Bonchev–Trinajstić information content (AvgIpc) is 3.05. The molecule has 0 fully saturated rings. The first kappa shape index (κ1) is 13.5. The van der Waals surface area contributed by atoms with Gasteiger partial charge in [-0.25, -0.2) is 4.79 Å². The van der Waals surface area contributed by atoms with Crippen LogP contribution in [0.4, 0.5) is 4.79 Å². The number of carbonyl (C=O) groups is 1. The van der Waals surface area contributed by atoms with Crippen molar-refractivity contribution in [3.63, 3.8) is 0 Å². The summed E-state index contributed by atoms with van der Waals surface area (Å²) in [6.07, 6.45) is 6.86. The lowest BCUT2D eigenvalue weighted by atomic mass is 10.1. The van der Waals surface area contributed by atoms with Crippen LogP contribution in [0.25, 0.3) is 0 Å². The number of hydrogen-bond acceptors (Lipinski definition) is 3. The Morgan fingerprint density at radius 2 is 2.05 bits per heavy atom. The molecule has 0 atom stereocenters. The van der Waals surface area contributed by atoms with Crippen molar-refractivity contribution in [2.75, 3.05) is 0 Å². The van der Waals surface area contributed by atoms with E-state index in [1.54, 1.807) is 18.5 Å². The topological polar surface area (TPSA) is 52.7 Å². The van der Waals surface area contributed by atoms with E-state index in [0.29, 0.717) is 0 Å². The first-order chi connectivity index (χ1) is 9.22. The molecule has 2 aromatic rings. The van der Waals surface area contributed by atoms with Crippen molar-refractivity contribution in [3.8, 4) is 0 Å². The third-order valence-corrected chi connectivity index (χ3v) is 3.23. The summed E-state index contributed by atoms with van der Waals surface area (Å²) >= 11 is 0. The highest BCUT2D eigenvalue weighted by atomic mass is 16.2. The Labute approximate surface area is 113 Å². The molecule has 0 aliphatic carbocycles. The summed E-state index contributed by atoms with van der Waals surface area (Å²) in [6, 6.07) is 1.53. The van der Waals surface area contributed by atoms with Gasteiger partial charge in [-0.15, -0.1) is 0 Å². The van der Waals surface area contributed by atoms with Gasteiger partial charge in [-0.2, -0.15) is 19.6 Å². The van der Waals surface area contributed by atoms with Gasteiger partial charge >= 0.3 is 6.03 Å². The molecular formula is C14H20N4O. The predicted molar refractivity (Wildman–Crippen MR) is 73.4 cm³/mol. The Balaban J connectivity index is 2.49. The van der Waals surface area contributed by atoms with Crippen LogP contribution in [-0.4, -0.2) is 25.6 Å². The van der Waals surface area contributed by atoms with E-state index in [1.165, 1.54) is 14.9 Å². The molecule has 0 N–H and O–H groups in total. The second-order valence-electron chi connectivity index (χ2n) is 4.47. The van der Waals surface area contributed by atoms with Gasteiger partial charge in [0.25, 0.3) is 0 Å². The lowest BCUT2D eigenvalue weighted by Crippen LogP contribution is -2.23. The molecule has 5 heteroatoms. The lowest BCUT2D eigenvalue weighted by molar-refractivity contribution is 0.237. The van der Waals surface area contributed by atoms with E-state index in [2.05, 4.69) is 31.0 Å². The van der Waals surface area contributed by atoms with Crippen LogP contribution in [0, 0.1) is 0 Å². The molecule has 0 aliphatic heterocycles. The third-order valence-electron chi connectivity index (χ3n) is 3.23. The quantitative estimate of drug-likeness (QED) is 0.849. The smallest absolute Gasteiger partial charge is 0.244 e. The van der Waals surface area contributed by atoms with Crippen molar-refractivity contribution in [2.45, 2.75) is 46.5 Å². The zero-order valence-corrected chi connectivity index (χ0v) is 11.8. The highest BCUT2D eigenvalue weighted by Crippen LogP contribution is 2.18. The van der Waals surface area contributed by atoms with Crippen LogP contribution in [0.2, 0.25) is 0 Å². The van der Waals surface area contributed by atoms with Crippen LogP contribution >= 0.6 is 0 Å². The molecular weight excluding hydrogens is 240 g/mol. The minimum Gasteiger partial charge on any atom is -0.244 e. The number of aryl methyl sites for hydroxylation is 1. The summed E-state index contributed by atoms with van der Waals surface area (Å²) in [5.74, 6) is 0. The maximum Gasteiger partial charge on any atom is 0.369 e. The number of hydrogen-bond donors (Lipinski definition) is 0. The first-order valence-corrected chi connectivity index (χ1v) is 6.86. The largest absolute Gasteiger partial charge is 0.369 e. The van der Waals surface area contributed by atoms with Crippen LogP contribution < -0.4 is 0 Å². The van der Waals surface area contributed by atoms with Gasteiger partial charge in [0.05, 0.1) is 11.4 Å². The highest BCUT2D eigenvalue weighted by Gasteiger charge is 2.20. The van der Waals surface area contributed by atoms with Crippen molar-refractivity contribution in [1.82, 2.24) is 19.6 Å². The predicted octanol–water partition coefficient (Wildman–Crippen LogP) is 2.67. The number of carbonyl (C=O) groups excluding carboxylic acids is 1.